The van der Waals surface area contributed by atoms with Crippen LogP contribution in [0.4, 0.5) is 0 Å². The van der Waals surface area contributed by atoms with Gasteiger partial charge in [0.05, 0.1) is 14.2 Å². The molecule has 0 saturated carbocycles. The lowest BCUT2D eigenvalue weighted by Gasteiger charge is -2.26. The van der Waals surface area contributed by atoms with Gasteiger partial charge in [0, 0.05) is 0 Å². The molecule has 4 heteroatoms. The largest absolute Gasteiger partial charge is 0.493 e. The van der Waals surface area contributed by atoms with E-state index in [1.54, 1.807) is 14.2 Å². The van der Waals surface area contributed by atoms with Crippen molar-refractivity contribution < 1.29 is 9.47 Å². The minimum atomic E-state index is -0.845. The molecule has 0 N–H and O–H groups in total. The fourth-order valence-corrected chi connectivity index (χ4v) is 10.4. The summed E-state index contributed by atoms with van der Waals surface area (Å²) in [6.07, 6.45) is 0.781. The molecule has 0 aromatic heterocycles. The van der Waals surface area contributed by atoms with E-state index < -0.39 is 15.8 Å². The zero-order chi connectivity index (χ0) is 29.4. The second-order valence-corrected chi connectivity index (χ2v) is 14.5. The molecule has 6 aromatic rings. The van der Waals surface area contributed by atoms with Crippen LogP contribution in [-0.2, 0) is 6.42 Å². The summed E-state index contributed by atoms with van der Waals surface area (Å²) in [5.74, 6) is 1.51. The molecule has 0 radical (unpaired) electrons. The summed E-state index contributed by atoms with van der Waals surface area (Å²) in [5.41, 5.74) is 2.57. The van der Waals surface area contributed by atoms with E-state index in [9.17, 15) is 0 Å². The third-order valence-electron chi connectivity index (χ3n) is 7.50. The summed E-state index contributed by atoms with van der Waals surface area (Å²) in [5, 5.41) is 7.96. The van der Waals surface area contributed by atoms with Crippen molar-refractivity contribution in [2.24, 2.45) is 0 Å². The normalized spacial score (nSPS) is 11.1. The number of ether oxygens (including phenoxy) is 2. The molecular weight excluding hydrogens is 562 g/mol. The predicted octanol–water partition coefficient (Wildman–Crippen LogP) is 6.81. The lowest BCUT2D eigenvalue weighted by atomic mass is 10.0. The van der Waals surface area contributed by atoms with Crippen LogP contribution in [0.2, 0.25) is 0 Å². The molecule has 6 aromatic carbocycles. The molecule has 0 spiro atoms. The molecule has 0 unspecified atom stereocenters. The molecule has 0 bridgehead atoms. The maximum atomic E-state index is 5.87. The fraction of sp³-hybridized carbons (Fsp3) is 0.0769. The smallest absolute Gasteiger partial charge is 0.161 e. The lowest BCUT2D eigenvalue weighted by Crippen LogP contribution is -2.26. The maximum Gasteiger partial charge on any atom is 0.161 e. The Bertz CT molecular complexity index is 1680. The van der Waals surface area contributed by atoms with Crippen molar-refractivity contribution in [3.05, 3.63) is 169 Å². The van der Waals surface area contributed by atoms with Crippen LogP contribution in [0, 0.1) is 0 Å². The van der Waals surface area contributed by atoms with Gasteiger partial charge in [-0.1, -0.05) is 146 Å². The Labute approximate surface area is 257 Å². The van der Waals surface area contributed by atoms with Gasteiger partial charge in [-0.25, -0.2) is 0 Å². The van der Waals surface area contributed by atoms with Crippen LogP contribution in [0.5, 0.6) is 11.5 Å². The first-order valence-corrected chi connectivity index (χ1v) is 17.1. The van der Waals surface area contributed by atoms with Gasteiger partial charge in [-0.05, 0) is 77.4 Å². The third kappa shape index (κ3) is 6.42. The Hall–Kier alpha value is -4.22. The summed E-state index contributed by atoms with van der Waals surface area (Å²) in [4.78, 5) is 0. The van der Waals surface area contributed by atoms with Crippen LogP contribution in [0.1, 0.15) is 11.1 Å². The first-order valence-electron chi connectivity index (χ1n) is 14.4. The molecule has 212 valence electrons. The topological polar surface area (TPSA) is 18.5 Å². The highest BCUT2D eigenvalue weighted by molar-refractivity contribution is 7.80. The molecule has 0 atom stereocenters. The van der Waals surface area contributed by atoms with E-state index in [0.717, 1.165) is 17.9 Å². The van der Waals surface area contributed by atoms with Crippen LogP contribution < -0.4 is 41.3 Å². The Kier molecular flexibility index (Phi) is 9.29. The second kappa shape index (κ2) is 13.8. The predicted molar refractivity (Wildman–Crippen MR) is 186 cm³/mol. The molecule has 6 rings (SSSR count). The molecular formula is C39H34O2P2. The van der Waals surface area contributed by atoms with Crippen molar-refractivity contribution in [2.75, 3.05) is 14.2 Å². The highest BCUT2D eigenvalue weighted by Crippen LogP contribution is 2.40. The van der Waals surface area contributed by atoms with Crippen molar-refractivity contribution in [3.63, 3.8) is 0 Å². The fourth-order valence-electron chi connectivity index (χ4n) is 5.51. The van der Waals surface area contributed by atoms with E-state index in [-0.39, 0.29) is 0 Å². The minimum Gasteiger partial charge on any atom is -0.493 e. The van der Waals surface area contributed by atoms with Crippen LogP contribution in [0.3, 0.4) is 0 Å². The van der Waals surface area contributed by atoms with Crippen molar-refractivity contribution >= 4 is 47.7 Å². The molecule has 0 aliphatic carbocycles. The Balaban J connectivity index is 1.54. The highest BCUT2D eigenvalue weighted by Gasteiger charge is 2.25. The summed E-state index contributed by atoms with van der Waals surface area (Å²) in [7, 11) is 1.85. The summed E-state index contributed by atoms with van der Waals surface area (Å²) < 4.78 is 11.7. The first kappa shape index (κ1) is 28.9. The van der Waals surface area contributed by atoms with Crippen LogP contribution in [-0.4, -0.2) is 14.2 Å². The lowest BCUT2D eigenvalue weighted by molar-refractivity contribution is 0.355. The molecule has 0 aliphatic rings. The van der Waals surface area contributed by atoms with E-state index in [1.807, 2.05) is 0 Å². The number of methoxy groups -OCH3 is 2. The van der Waals surface area contributed by atoms with Crippen molar-refractivity contribution in [3.8, 4) is 11.5 Å². The van der Waals surface area contributed by atoms with Crippen molar-refractivity contribution in [2.45, 2.75) is 6.42 Å². The van der Waals surface area contributed by atoms with Gasteiger partial charge in [-0.2, -0.15) is 0 Å². The van der Waals surface area contributed by atoms with Crippen molar-refractivity contribution in [1.82, 2.24) is 0 Å². The van der Waals surface area contributed by atoms with Crippen LogP contribution in [0.25, 0.3) is 0 Å². The molecule has 2 nitrogen and oxygen atoms in total. The van der Waals surface area contributed by atoms with E-state index in [2.05, 4.69) is 158 Å². The first-order chi connectivity index (χ1) is 21.3. The van der Waals surface area contributed by atoms with E-state index >= 15 is 0 Å². The zero-order valence-electron chi connectivity index (χ0n) is 24.4. The number of rotatable bonds is 10. The Morgan fingerprint density at radius 1 is 0.395 bits per heavy atom. The Morgan fingerprint density at radius 3 is 1.21 bits per heavy atom. The molecule has 0 amide bonds. The molecule has 0 aliphatic heterocycles. The van der Waals surface area contributed by atoms with Crippen LogP contribution in [0.15, 0.2) is 158 Å². The molecule has 43 heavy (non-hydrogen) atoms. The van der Waals surface area contributed by atoms with Gasteiger partial charge in [0.1, 0.15) is 0 Å². The summed E-state index contributed by atoms with van der Waals surface area (Å²) in [6, 6.07) is 56.9. The summed E-state index contributed by atoms with van der Waals surface area (Å²) >= 11 is 0. The van der Waals surface area contributed by atoms with E-state index in [0.29, 0.717) is 0 Å². The Morgan fingerprint density at radius 2 is 0.767 bits per heavy atom. The van der Waals surface area contributed by atoms with Gasteiger partial charge >= 0.3 is 0 Å². The van der Waals surface area contributed by atoms with Gasteiger partial charge in [0.15, 0.2) is 11.5 Å². The van der Waals surface area contributed by atoms with Gasteiger partial charge in [0.25, 0.3) is 0 Å². The molecule has 0 saturated heterocycles. The zero-order valence-corrected chi connectivity index (χ0v) is 26.2. The number of benzene rings is 6. The molecule has 0 heterocycles. The second-order valence-electron chi connectivity index (χ2n) is 10.2. The van der Waals surface area contributed by atoms with Crippen LogP contribution >= 0.6 is 15.8 Å². The SMILES string of the molecule is COc1cc(Cc2ccccc2P(c2ccccc2)c2ccccc2)c(P(c2ccccc2)c2ccccc2)cc1OC. The highest BCUT2D eigenvalue weighted by atomic mass is 31.1. The van der Waals surface area contributed by atoms with Gasteiger partial charge < -0.3 is 9.47 Å². The van der Waals surface area contributed by atoms with Gasteiger partial charge in [-0.3, -0.25) is 0 Å². The van der Waals surface area contributed by atoms with E-state index in [4.69, 9.17) is 9.47 Å². The minimum absolute atomic E-state index is 0.747. The molecule has 0 fully saturated rings. The van der Waals surface area contributed by atoms with E-state index in [1.165, 1.54) is 43.0 Å². The maximum absolute atomic E-state index is 5.87. The summed E-state index contributed by atoms with van der Waals surface area (Å²) in [6.45, 7) is 0. The average molecular weight is 597 g/mol. The standard InChI is InChI=1S/C39H34O2P2/c1-40-36-28-31(39(29-37(36)41-2)43(34-22-11-5-12-23-34)35-24-13-6-14-25-35)27-30-17-15-16-26-38(30)42(32-18-7-3-8-19-32)33-20-9-4-10-21-33/h3-26,28-29H,27H2,1-2H3. The third-order valence-corrected chi connectivity index (χ3v) is 12.6. The number of hydrogen-bond donors (Lipinski definition) is 0. The average Bonchev–Trinajstić information content (AvgIpc) is 3.08. The monoisotopic (exact) mass is 596 g/mol. The quantitative estimate of drug-likeness (QED) is 0.162. The van der Waals surface area contributed by atoms with Gasteiger partial charge in [0.2, 0.25) is 0 Å². The number of hydrogen-bond acceptors (Lipinski definition) is 2. The van der Waals surface area contributed by atoms with Gasteiger partial charge in [-0.15, -0.1) is 0 Å². The van der Waals surface area contributed by atoms with Crippen molar-refractivity contribution in [1.29, 1.82) is 0 Å².